The lowest BCUT2D eigenvalue weighted by Gasteiger charge is -2.14. The van der Waals surface area contributed by atoms with Crippen molar-refractivity contribution < 1.29 is 32.5 Å². The molecule has 0 fully saturated rings. The highest BCUT2D eigenvalue weighted by molar-refractivity contribution is 7.90. The lowest BCUT2D eigenvalue weighted by molar-refractivity contribution is -0.387. The molecule has 0 aromatic heterocycles. The summed E-state index contributed by atoms with van der Waals surface area (Å²) in [7, 11) is -3.88. The SMILES string of the molecule is CS(=O)(=O)c1ccc(C(=O)OCN2C(=O)c3ccccc3C2=O)cc1[N+](=O)[O-]. The van der Waals surface area contributed by atoms with E-state index in [0.717, 1.165) is 29.4 Å². The monoisotopic (exact) mass is 404 g/mol. The van der Waals surface area contributed by atoms with Gasteiger partial charge in [0.05, 0.1) is 21.6 Å². The van der Waals surface area contributed by atoms with Crippen LogP contribution < -0.4 is 0 Å². The molecule has 0 saturated carbocycles. The zero-order chi connectivity index (χ0) is 20.6. The summed E-state index contributed by atoms with van der Waals surface area (Å²) in [5, 5.41) is 11.1. The Morgan fingerprint density at radius 2 is 1.68 bits per heavy atom. The summed E-state index contributed by atoms with van der Waals surface area (Å²) in [5.41, 5.74) is -0.721. The van der Waals surface area contributed by atoms with Crippen molar-refractivity contribution in [1.82, 2.24) is 4.90 Å². The Morgan fingerprint density at radius 1 is 1.11 bits per heavy atom. The first-order valence-corrected chi connectivity index (χ1v) is 9.61. The van der Waals surface area contributed by atoms with Gasteiger partial charge in [-0.05, 0) is 24.3 Å². The van der Waals surface area contributed by atoms with E-state index in [-0.39, 0.29) is 16.7 Å². The molecule has 1 aliphatic heterocycles. The van der Waals surface area contributed by atoms with Gasteiger partial charge in [0.2, 0.25) is 0 Å². The number of rotatable bonds is 5. The van der Waals surface area contributed by atoms with Gasteiger partial charge in [0.1, 0.15) is 4.90 Å². The van der Waals surface area contributed by atoms with Crippen LogP contribution in [0.1, 0.15) is 31.1 Å². The highest BCUT2D eigenvalue weighted by Gasteiger charge is 2.36. The Morgan fingerprint density at radius 3 is 2.18 bits per heavy atom. The summed E-state index contributed by atoms with van der Waals surface area (Å²) >= 11 is 0. The molecule has 1 heterocycles. The van der Waals surface area contributed by atoms with Crippen molar-refractivity contribution in [3.05, 3.63) is 69.3 Å². The van der Waals surface area contributed by atoms with E-state index < -0.39 is 49.9 Å². The third-order valence-electron chi connectivity index (χ3n) is 3.99. The molecule has 0 unspecified atom stereocenters. The predicted octanol–water partition coefficient (Wildman–Crippen LogP) is 1.41. The number of amides is 2. The molecule has 0 saturated heterocycles. The van der Waals surface area contributed by atoms with Gasteiger partial charge in [0.15, 0.2) is 16.6 Å². The molecular weight excluding hydrogens is 392 g/mol. The number of ether oxygens (including phenoxy) is 1. The van der Waals surface area contributed by atoms with Crippen LogP contribution >= 0.6 is 0 Å². The number of hydrogen-bond acceptors (Lipinski definition) is 8. The molecule has 0 bridgehead atoms. The number of benzene rings is 2. The molecule has 2 amide bonds. The van der Waals surface area contributed by atoms with E-state index >= 15 is 0 Å². The molecule has 10 nitrogen and oxygen atoms in total. The number of carbonyl (C=O) groups excluding carboxylic acids is 3. The summed E-state index contributed by atoms with van der Waals surface area (Å²) in [6, 6.07) is 8.83. The second-order valence-corrected chi connectivity index (χ2v) is 7.84. The summed E-state index contributed by atoms with van der Waals surface area (Å²) in [5.74, 6) is -2.32. The van der Waals surface area contributed by atoms with Crippen molar-refractivity contribution in [1.29, 1.82) is 0 Å². The minimum Gasteiger partial charge on any atom is -0.440 e. The maximum Gasteiger partial charge on any atom is 0.340 e. The van der Waals surface area contributed by atoms with Crippen LogP contribution in [0.25, 0.3) is 0 Å². The highest BCUT2D eigenvalue weighted by atomic mass is 32.2. The Hall–Kier alpha value is -3.60. The number of nitrogens with zero attached hydrogens (tertiary/aromatic N) is 2. The van der Waals surface area contributed by atoms with Crippen LogP contribution in [0.3, 0.4) is 0 Å². The molecule has 28 heavy (non-hydrogen) atoms. The van der Waals surface area contributed by atoms with Gasteiger partial charge in [-0.25, -0.2) is 18.1 Å². The van der Waals surface area contributed by atoms with Crippen molar-refractivity contribution in [2.24, 2.45) is 0 Å². The number of esters is 1. The van der Waals surface area contributed by atoms with Gasteiger partial charge in [-0.1, -0.05) is 12.1 Å². The summed E-state index contributed by atoms with van der Waals surface area (Å²) in [6.45, 7) is -0.688. The number of fused-ring (bicyclic) bond motifs is 1. The fourth-order valence-electron chi connectivity index (χ4n) is 2.66. The van der Waals surface area contributed by atoms with E-state index in [1.165, 1.54) is 12.1 Å². The third kappa shape index (κ3) is 3.34. The van der Waals surface area contributed by atoms with Gasteiger partial charge >= 0.3 is 5.97 Å². The molecule has 144 valence electrons. The molecule has 2 aromatic carbocycles. The number of sulfone groups is 1. The predicted molar refractivity (Wildman–Crippen MR) is 93.4 cm³/mol. The minimum absolute atomic E-state index is 0.177. The largest absolute Gasteiger partial charge is 0.440 e. The molecule has 11 heteroatoms. The second-order valence-electron chi connectivity index (χ2n) is 5.86. The first-order valence-electron chi connectivity index (χ1n) is 7.72. The van der Waals surface area contributed by atoms with E-state index in [1.54, 1.807) is 12.1 Å². The van der Waals surface area contributed by atoms with Gasteiger partial charge in [0, 0.05) is 12.3 Å². The summed E-state index contributed by atoms with van der Waals surface area (Å²) < 4.78 is 28.2. The standard InChI is InChI=1S/C17H12N2O8S/c1-28(25,26)14-7-6-10(8-13(14)19(23)24)17(22)27-9-18-15(20)11-4-2-3-5-12(11)16(18)21/h2-8H,9H2,1H3. The molecule has 0 N–H and O–H groups in total. The Bertz CT molecular complexity index is 1100. The van der Waals surface area contributed by atoms with Gasteiger partial charge in [-0.3, -0.25) is 19.7 Å². The number of imide groups is 1. The Balaban J connectivity index is 1.80. The quantitative estimate of drug-likeness (QED) is 0.315. The average molecular weight is 404 g/mol. The Kier molecular flexibility index (Phi) is 4.69. The summed E-state index contributed by atoms with van der Waals surface area (Å²) in [4.78, 5) is 47.0. The summed E-state index contributed by atoms with van der Waals surface area (Å²) in [6.07, 6.45) is 0.801. The van der Waals surface area contributed by atoms with E-state index in [2.05, 4.69) is 0 Å². The normalized spacial score (nSPS) is 13.4. The maximum atomic E-state index is 12.2. The molecule has 1 aliphatic rings. The second kappa shape index (κ2) is 6.85. The maximum absolute atomic E-state index is 12.2. The lowest BCUT2D eigenvalue weighted by atomic mass is 10.1. The van der Waals surface area contributed by atoms with Crippen LogP contribution in [0, 0.1) is 10.1 Å². The number of nitro benzene ring substituents is 1. The molecule has 0 aliphatic carbocycles. The van der Waals surface area contributed by atoms with Gasteiger partial charge in [-0.2, -0.15) is 0 Å². The first-order chi connectivity index (χ1) is 13.1. The van der Waals surface area contributed by atoms with Crippen LogP contribution in [-0.4, -0.2) is 49.0 Å². The number of carbonyl (C=O) groups is 3. The van der Waals surface area contributed by atoms with E-state index in [0.29, 0.717) is 0 Å². The van der Waals surface area contributed by atoms with Crippen LogP contribution in [0.5, 0.6) is 0 Å². The molecule has 2 aromatic rings. The van der Waals surface area contributed by atoms with Gasteiger partial charge in [-0.15, -0.1) is 0 Å². The topological polar surface area (TPSA) is 141 Å². The zero-order valence-electron chi connectivity index (χ0n) is 14.3. The van der Waals surface area contributed by atoms with E-state index in [1.807, 2.05) is 0 Å². The number of nitro groups is 1. The zero-order valence-corrected chi connectivity index (χ0v) is 15.1. The first kappa shape index (κ1) is 19.2. The van der Waals surface area contributed by atoms with Crippen molar-refractivity contribution in [2.45, 2.75) is 4.90 Å². The highest BCUT2D eigenvalue weighted by Crippen LogP contribution is 2.26. The third-order valence-corrected chi connectivity index (χ3v) is 5.14. The molecular formula is C17H12N2O8S. The van der Waals surface area contributed by atoms with Crippen molar-refractivity contribution in [3.8, 4) is 0 Å². The van der Waals surface area contributed by atoms with E-state index in [4.69, 9.17) is 4.74 Å². The fourth-order valence-corrected chi connectivity index (χ4v) is 3.49. The lowest BCUT2D eigenvalue weighted by Crippen LogP contribution is -2.33. The van der Waals surface area contributed by atoms with Crippen molar-refractivity contribution >= 4 is 33.3 Å². The smallest absolute Gasteiger partial charge is 0.340 e. The van der Waals surface area contributed by atoms with Crippen LogP contribution in [-0.2, 0) is 14.6 Å². The van der Waals surface area contributed by atoms with Gasteiger partial charge in [0.25, 0.3) is 17.5 Å². The van der Waals surface area contributed by atoms with Gasteiger partial charge < -0.3 is 4.74 Å². The van der Waals surface area contributed by atoms with Crippen LogP contribution in [0.15, 0.2) is 47.4 Å². The fraction of sp³-hybridized carbons (Fsp3) is 0.118. The Labute approximate surface area is 158 Å². The van der Waals surface area contributed by atoms with E-state index in [9.17, 15) is 32.9 Å². The van der Waals surface area contributed by atoms with Crippen molar-refractivity contribution in [2.75, 3.05) is 13.0 Å². The van der Waals surface area contributed by atoms with Crippen LogP contribution in [0.4, 0.5) is 5.69 Å². The molecule has 3 rings (SSSR count). The average Bonchev–Trinajstić information content (AvgIpc) is 2.89. The molecule has 0 spiro atoms. The van der Waals surface area contributed by atoms with Crippen LogP contribution in [0.2, 0.25) is 0 Å². The minimum atomic E-state index is -3.88. The number of hydrogen-bond donors (Lipinski definition) is 0. The van der Waals surface area contributed by atoms with Crippen molar-refractivity contribution in [3.63, 3.8) is 0 Å². The molecule has 0 atom stereocenters. The molecule has 0 radical (unpaired) electrons.